The van der Waals surface area contributed by atoms with Gasteiger partial charge in [0.2, 0.25) is 0 Å². The fraction of sp³-hybridized carbons (Fsp3) is 0.415. The summed E-state index contributed by atoms with van der Waals surface area (Å²) in [5, 5.41) is 12.3. The van der Waals surface area contributed by atoms with Gasteiger partial charge < -0.3 is 5.11 Å². The first-order valence-electron chi connectivity index (χ1n) is 16.9. The fourth-order valence-electron chi connectivity index (χ4n) is 5.81. The molecular formula is C41H44F6IrNO2S2-. The van der Waals surface area contributed by atoms with Crippen LogP contribution in [0.3, 0.4) is 0 Å². The number of benzene rings is 2. The number of allylic oxidation sites excluding steroid dienone is 2. The van der Waals surface area contributed by atoms with Crippen LogP contribution >= 0.6 is 22.7 Å². The molecule has 0 aliphatic carbocycles. The monoisotopic (exact) mass is 953 g/mol. The topological polar surface area (TPSA) is 50.2 Å². The molecule has 0 saturated carbocycles. The van der Waals surface area contributed by atoms with E-state index in [1.807, 2.05) is 24.4 Å². The number of carbonyl (C=O) groups excluding carboxylic acids is 1. The van der Waals surface area contributed by atoms with Crippen LogP contribution in [0, 0.1) is 17.4 Å². The third kappa shape index (κ3) is 10.6. The van der Waals surface area contributed by atoms with Gasteiger partial charge in [-0.25, -0.2) is 0 Å². The van der Waals surface area contributed by atoms with Crippen molar-refractivity contribution < 1.29 is 56.3 Å². The molecule has 5 aromatic rings. The number of thiophene rings is 2. The maximum Gasteiger partial charge on any atom is 0.454 e. The zero-order valence-electron chi connectivity index (χ0n) is 31.1. The first-order valence-corrected chi connectivity index (χ1v) is 18.6. The Kier molecular flexibility index (Phi) is 14.0. The van der Waals surface area contributed by atoms with E-state index < -0.39 is 29.3 Å². The van der Waals surface area contributed by atoms with E-state index in [1.54, 1.807) is 25.2 Å². The molecule has 0 unspecified atom stereocenters. The van der Waals surface area contributed by atoms with Gasteiger partial charge in [-0.05, 0) is 52.8 Å². The van der Waals surface area contributed by atoms with E-state index in [1.165, 1.54) is 41.7 Å². The summed E-state index contributed by atoms with van der Waals surface area (Å²) in [6.07, 6.45) is -7.02. The average Bonchev–Trinajstić information content (AvgIpc) is 3.63. The number of hydrogen-bond donors (Lipinski definition) is 1. The Morgan fingerprint density at radius 3 is 2.11 bits per heavy atom. The second-order valence-electron chi connectivity index (χ2n) is 15.3. The first kappa shape index (κ1) is 44.3. The standard InChI is InChI=1S/C33H33F3NS2.C8H11F3O2.Ir/c1-19(2)27-24-14-15-37-28(21-16-20-10-8-9-11-23(20)25(17-21)31(3,4)5)29(24)39-30(27)26-13-12-22(38-26)18-32(6,7)33(34,35)36;1-5(2)3-6(12)4-7(13)8(9,10)11;/h8-15,17,19H,18H2,1-7H3;4-5,12H,3H2,1-2H3;/q-1;;/b;6-4-;. The van der Waals surface area contributed by atoms with Crippen LogP contribution in [0.5, 0.6) is 0 Å². The number of halogens is 6. The number of rotatable bonds is 8. The maximum atomic E-state index is 13.6. The van der Waals surface area contributed by atoms with Crippen LogP contribution in [0.2, 0.25) is 0 Å². The molecule has 2 aromatic carbocycles. The number of ketones is 1. The van der Waals surface area contributed by atoms with Crippen molar-refractivity contribution in [3.8, 4) is 21.0 Å². The maximum absolute atomic E-state index is 13.6. The Bertz CT molecular complexity index is 2080. The van der Waals surface area contributed by atoms with E-state index in [0.717, 1.165) is 41.4 Å². The minimum absolute atomic E-state index is 0. The summed E-state index contributed by atoms with van der Waals surface area (Å²) in [5.41, 5.74) is 2.51. The van der Waals surface area contributed by atoms with Crippen molar-refractivity contribution in [3.05, 3.63) is 88.6 Å². The number of fused-ring (bicyclic) bond motifs is 2. The molecule has 289 valence electrons. The van der Waals surface area contributed by atoms with Gasteiger partial charge in [0.25, 0.3) is 5.78 Å². The normalized spacial score (nSPS) is 13.0. The van der Waals surface area contributed by atoms with Crippen molar-refractivity contribution in [2.45, 2.75) is 98.8 Å². The number of pyridine rings is 1. The van der Waals surface area contributed by atoms with Crippen LogP contribution < -0.4 is 0 Å². The van der Waals surface area contributed by atoms with Crippen LogP contribution in [0.1, 0.15) is 90.7 Å². The van der Waals surface area contributed by atoms with E-state index in [2.05, 4.69) is 71.0 Å². The van der Waals surface area contributed by atoms with Gasteiger partial charge in [0.1, 0.15) is 0 Å². The molecule has 3 nitrogen and oxygen atoms in total. The molecule has 0 atom stereocenters. The summed E-state index contributed by atoms with van der Waals surface area (Å²) in [7, 11) is 0. The molecule has 0 aliphatic rings. The summed E-state index contributed by atoms with van der Waals surface area (Å²) in [5.74, 6) is -2.30. The van der Waals surface area contributed by atoms with Gasteiger partial charge in [0.15, 0.2) is 0 Å². The minimum Gasteiger partial charge on any atom is -0.512 e. The number of nitrogens with zero attached hydrogens (tertiary/aromatic N) is 1. The predicted molar refractivity (Wildman–Crippen MR) is 202 cm³/mol. The Labute approximate surface area is 328 Å². The van der Waals surface area contributed by atoms with E-state index in [9.17, 15) is 31.1 Å². The van der Waals surface area contributed by atoms with E-state index in [0.29, 0.717) is 0 Å². The van der Waals surface area contributed by atoms with Crippen LogP contribution in [-0.2, 0) is 36.7 Å². The molecular weight excluding hydrogens is 909 g/mol. The molecule has 0 fully saturated rings. The molecule has 1 N–H and O–H groups in total. The molecule has 0 spiro atoms. The summed E-state index contributed by atoms with van der Waals surface area (Å²) in [6, 6.07) is 20.1. The smallest absolute Gasteiger partial charge is 0.454 e. The molecule has 0 bridgehead atoms. The molecule has 5 rings (SSSR count). The Balaban J connectivity index is 0.000000464. The van der Waals surface area contributed by atoms with Crippen molar-refractivity contribution >= 4 is 49.3 Å². The zero-order valence-corrected chi connectivity index (χ0v) is 35.1. The molecule has 0 aliphatic heterocycles. The number of aliphatic hydroxyl groups is 1. The Hall–Kier alpha value is -3.05. The third-order valence-electron chi connectivity index (χ3n) is 8.52. The van der Waals surface area contributed by atoms with Gasteiger partial charge in [0.05, 0.1) is 11.2 Å². The van der Waals surface area contributed by atoms with E-state index in [-0.39, 0.29) is 56.3 Å². The van der Waals surface area contributed by atoms with Crippen LogP contribution in [0.25, 0.3) is 41.9 Å². The molecule has 1 radical (unpaired) electrons. The minimum atomic E-state index is -4.90. The largest absolute Gasteiger partial charge is 0.512 e. The second-order valence-corrected chi connectivity index (χ2v) is 17.5. The van der Waals surface area contributed by atoms with Gasteiger partial charge in [-0.15, -0.1) is 51.8 Å². The zero-order chi connectivity index (χ0) is 39.0. The van der Waals surface area contributed by atoms with Gasteiger partial charge in [0, 0.05) is 63.8 Å². The predicted octanol–water partition coefficient (Wildman–Crippen LogP) is 13.8. The molecule has 53 heavy (non-hydrogen) atoms. The van der Waals surface area contributed by atoms with Gasteiger partial charge in [-0.1, -0.05) is 91.5 Å². The van der Waals surface area contributed by atoms with Crippen molar-refractivity contribution in [2.24, 2.45) is 11.3 Å². The molecule has 0 amide bonds. The summed E-state index contributed by atoms with van der Waals surface area (Å²) in [6.45, 7) is 17.0. The molecule has 3 aromatic heterocycles. The number of alkyl halides is 6. The quantitative estimate of drug-likeness (QED) is 0.0730. The van der Waals surface area contributed by atoms with Crippen molar-refractivity contribution in [3.63, 3.8) is 0 Å². The average molecular weight is 953 g/mol. The third-order valence-corrected chi connectivity index (χ3v) is 11.0. The Morgan fingerprint density at radius 2 is 1.55 bits per heavy atom. The molecule has 3 heterocycles. The van der Waals surface area contributed by atoms with Gasteiger partial charge in [-0.2, -0.15) is 26.3 Å². The number of aliphatic hydroxyl groups excluding tert-OH is 1. The van der Waals surface area contributed by atoms with Gasteiger partial charge in [-0.3, -0.25) is 9.78 Å². The summed E-state index contributed by atoms with van der Waals surface area (Å²) >= 11 is 3.16. The SMILES string of the molecule is CC(C)C/C(O)=C/C(=O)C(F)(F)F.CC(C)c1c(-c2ccc(CC(C)(C)C(F)(F)F)s2)sc2c(-c3[c-]c4ccccc4c(C(C)(C)C)c3)nccc12.[Ir]. The first-order chi connectivity index (χ1) is 23.9. The summed E-state index contributed by atoms with van der Waals surface area (Å²) < 4.78 is 76.7. The van der Waals surface area contributed by atoms with Gasteiger partial charge >= 0.3 is 12.4 Å². The number of carbonyl (C=O) groups is 1. The van der Waals surface area contributed by atoms with Crippen LogP contribution in [0.4, 0.5) is 26.3 Å². The van der Waals surface area contributed by atoms with E-state index >= 15 is 0 Å². The van der Waals surface area contributed by atoms with Crippen molar-refractivity contribution in [1.29, 1.82) is 0 Å². The number of hydrogen-bond acceptors (Lipinski definition) is 5. The molecule has 0 saturated heterocycles. The second kappa shape index (κ2) is 16.8. The van der Waals surface area contributed by atoms with E-state index in [4.69, 9.17) is 10.1 Å². The van der Waals surface area contributed by atoms with Crippen molar-refractivity contribution in [2.75, 3.05) is 0 Å². The van der Waals surface area contributed by atoms with Crippen molar-refractivity contribution in [1.82, 2.24) is 4.98 Å². The fourth-order valence-corrected chi connectivity index (χ4v) is 8.63. The van der Waals surface area contributed by atoms with Crippen LogP contribution in [0.15, 0.2) is 66.6 Å². The molecule has 12 heteroatoms. The number of aromatic nitrogens is 1. The summed E-state index contributed by atoms with van der Waals surface area (Å²) in [4.78, 5) is 18.0. The van der Waals surface area contributed by atoms with Crippen LogP contribution in [-0.4, -0.2) is 28.2 Å². The Morgan fingerprint density at radius 1 is 0.906 bits per heavy atom.